The van der Waals surface area contributed by atoms with E-state index in [-0.39, 0.29) is 5.78 Å². The summed E-state index contributed by atoms with van der Waals surface area (Å²) in [6, 6.07) is 13.3. The topological polar surface area (TPSA) is 30.0 Å². The van der Waals surface area contributed by atoms with Gasteiger partial charge in [0.2, 0.25) is 0 Å². The zero-order valence-corrected chi connectivity index (χ0v) is 13.4. The van der Waals surface area contributed by atoms with Crippen LogP contribution >= 0.6 is 38.9 Å². The molecule has 0 saturated heterocycles. The molecule has 0 bridgehead atoms. The number of hydrogen-bond acceptors (Lipinski definition) is 3. The van der Waals surface area contributed by atoms with Crippen LogP contribution in [-0.4, -0.2) is 10.8 Å². The first-order valence-electron chi connectivity index (χ1n) is 5.96. The molecule has 100 valence electrons. The minimum atomic E-state index is -0.0128. The first-order valence-corrected chi connectivity index (χ1v) is 7.95. The first-order chi connectivity index (χ1) is 9.63. The Bertz CT molecular complexity index is 799. The van der Waals surface area contributed by atoms with Crippen LogP contribution in [0.15, 0.2) is 46.9 Å². The number of thiophene rings is 1. The molecule has 0 N–H and O–H groups in total. The molecule has 0 aliphatic rings. The normalized spacial score (nSPS) is 10.9. The van der Waals surface area contributed by atoms with Crippen LogP contribution in [0.4, 0.5) is 0 Å². The lowest BCUT2D eigenvalue weighted by molar-refractivity contribution is 0.0988. The average Bonchev–Trinajstić information content (AvgIpc) is 2.83. The Morgan fingerprint density at radius 2 is 2.05 bits per heavy atom. The van der Waals surface area contributed by atoms with E-state index in [0.29, 0.717) is 16.5 Å². The lowest BCUT2D eigenvalue weighted by atomic mass is 10.1. The van der Waals surface area contributed by atoms with E-state index < -0.39 is 0 Å². The van der Waals surface area contributed by atoms with Crippen LogP contribution in [0, 0.1) is 0 Å². The Balaban J connectivity index is 1.96. The number of rotatable bonds is 3. The van der Waals surface area contributed by atoms with Crippen LogP contribution in [0.25, 0.3) is 10.9 Å². The summed E-state index contributed by atoms with van der Waals surface area (Å²) in [5, 5.41) is 1.01. The summed E-state index contributed by atoms with van der Waals surface area (Å²) >= 11 is 10.7. The molecule has 20 heavy (non-hydrogen) atoms. The third kappa shape index (κ3) is 2.77. The number of fused-ring (bicyclic) bond motifs is 1. The Morgan fingerprint density at radius 1 is 1.25 bits per heavy atom. The van der Waals surface area contributed by atoms with Crippen LogP contribution in [0.5, 0.6) is 0 Å². The maximum absolute atomic E-state index is 12.4. The molecule has 0 unspecified atom stereocenters. The third-order valence-electron chi connectivity index (χ3n) is 2.91. The molecule has 0 atom stereocenters. The molecule has 2 nitrogen and oxygen atoms in total. The van der Waals surface area contributed by atoms with Crippen LogP contribution in [0.2, 0.25) is 4.34 Å². The highest BCUT2D eigenvalue weighted by molar-refractivity contribution is 9.10. The molecular formula is C15H9BrClNOS. The van der Waals surface area contributed by atoms with Gasteiger partial charge < -0.3 is 0 Å². The highest BCUT2D eigenvalue weighted by Crippen LogP contribution is 2.25. The lowest BCUT2D eigenvalue weighted by Crippen LogP contribution is -2.06. The molecule has 0 amide bonds. The van der Waals surface area contributed by atoms with Crippen LogP contribution in [0.1, 0.15) is 15.4 Å². The fourth-order valence-electron chi connectivity index (χ4n) is 1.97. The summed E-state index contributed by atoms with van der Waals surface area (Å²) < 4.78 is 1.42. The quantitative estimate of drug-likeness (QED) is 0.601. The van der Waals surface area contributed by atoms with Gasteiger partial charge in [0.15, 0.2) is 5.78 Å². The van der Waals surface area contributed by atoms with Crippen molar-refractivity contribution in [2.75, 3.05) is 0 Å². The number of benzene rings is 1. The number of carbonyl (C=O) groups is 1. The van der Waals surface area contributed by atoms with Gasteiger partial charge in [0.1, 0.15) is 5.69 Å². The van der Waals surface area contributed by atoms with E-state index in [4.69, 9.17) is 11.6 Å². The maximum Gasteiger partial charge on any atom is 0.187 e. The molecule has 5 heteroatoms. The van der Waals surface area contributed by atoms with E-state index in [2.05, 4.69) is 20.9 Å². The Labute approximate surface area is 133 Å². The fraction of sp³-hybridized carbons (Fsp3) is 0.0667. The van der Waals surface area contributed by atoms with Gasteiger partial charge in [-0.2, -0.15) is 0 Å². The number of ketones is 1. The van der Waals surface area contributed by atoms with Crippen LogP contribution in [0.3, 0.4) is 0 Å². The second-order valence-corrected chi connectivity index (χ2v) is 6.97. The number of nitrogens with zero attached hydrogens (tertiary/aromatic N) is 1. The van der Waals surface area contributed by atoms with Gasteiger partial charge in [0.25, 0.3) is 0 Å². The molecule has 0 radical (unpaired) electrons. The average molecular weight is 367 g/mol. The fourth-order valence-corrected chi connectivity index (χ4v) is 3.62. The second kappa shape index (κ2) is 5.64. The minimum Gasteiger partial charge on any atom is -0.292 e. The van der Waals surface area contributed by atoms with E-state index in [1.807, 2.05) is 36.4 Å². The number of carbonyl (C=O) groups excluding carboxylic acids is 1. The summed E-state index contributed by atoms with van der Waals surface area (Å²) in [5.41, 5.74) is 1.29. The van der Waals surface area contributed by atoms with Crippen molar-refractivity contribution in [1.29, 1.82) is 0 Å². The third-order valence-corrected chi connectivity index (χ3v) is 4.74. The molecule has 3 aromatic rings. The molecule has 0 aliphatic heterocycles. The zero-order valence-electron chi connectivity index (χ0n) is 10.3. The number of halogens is 2. The van der Waals surface area contributed by atoms with Gasteiger partial charge in [-0.15, -0.1) is 11.3 Å². The summed E-state index contributed by atoms with van der Waals surface area (Å²) in [5.74, 6) is -0.0128. The van der Waals surface area contributed by atoms with Gasteiger partial charge >= 0.3 is 0 Å². The molecule has 2 aromatic heterocycles. The number of hydrogen-bond donors (Lipinski definition) is 0. The number of aromatic nitrogens is 1. The number of Topliss-reactive ketones (excluding diaryl/α,β-unsaturated/α-hetero) is 1. The monoisotopic (exact) mass is 365 g/mol. The smallest absolute Gasteiger partial charge is 0.187 e. The van der Waals surface area contributed by atoms with E-state index in [1.165, 1.54) is 11.3 Å². The summed E-state index contributed by atoms with van der Waals surface area (Å²) in [6.07, 6.45) is 0.321. The van der Waals surface area contributed by atoms with Crippen molar-refractivity contribution in [2.45, 2.75) is 6.42 Å². The zero-order chi connectivity index (χ0) is 14.1. The van der Waals surface area contributed by atoms with E-state index in [9.17, 15) is 4.79 Å². The largest absolute Gasteiger partial charge is 0.292 e. The van der Waals surface area contributed by atoms with Crippen molar-refractivity contribution < 1.29 is 4.79 Å². The van der Waals surface area contributed by atoms with Gasteiger partial charge in [-0.3, -0.25) is 4.79 Å². The van der Waals surface area contributed by atoms with Crippen molar-refractivity contribution in [2.24, 2.45) is 0 Å². The Kier molecular flexibility index (Phi) is 3.87. The molecule has 1 aromatic carbocycles. The highest BCUT2D eigenvalue weighted by Gasteiger charge is 2.15. The van der Waals surface area contributed by atoms with Crippen molar-refractivity contribution in [3.63, 3.8) is 0 Å². The van der Waals surface area contributed by atoms with E-state index >= 15 is 0 Å². The molecule has 0 aliphatic carbocycles. The Hall–Kier alpha value is -1.23. The summed E-state index contributed by atoms with van der Waals surface area (Å²) in [4.78, 5) is 17.8. The predicted molar refractivity (Wildman–Crippen MR) is 86.8 cm³/mol. The van der Waals surface area contributed by atoms with Gasteiger partial charge in [0.05, 0.1) is 9.85 Å². The summed E-state index contributed by atoms with van der Waals surface area (Å²) in [7, 11) is 0. The maximum atomic E-state index is 12.4. The van der Waals surface area contributed by atoms with Crippen molar-refractivity contribution >= 4 is 55.6 Å². The van der Waals surface area contributed by atoms with E-state index in [0.717, 1.165) is 20.3 Å². The highest BCUT2D eigenvalue weighted by atomic mass is 79.9. The van der Waals surface area contributed by atoms with Crippen molar-refractivity contribution in [3.05, 3.63) is 61.8 Å². The molecule has 0 saturated carbocycles. The molecule has 2 heterocycles. The van der Waals surface area contributed by atoms with Crippen LogP contribution in [-0.2, 0) is 6.42 Å². The number of para-hydroxylation sites is 1. The Morgan fingerprint density at radius 3 is 2.80 bits per heavy atom. The second-order valence-electron chi connectivity index (χ2n) is 4.32. The van der Waals surface area contributed by atoms with Crippen molar-refractivity contribution in [1.82, 2.24) is 4.98 Å². The van der Waals surface area contributed by atoms with Crippen molar-refractivity contribution in [3.8, 4) is 0 Å². The van der Waals surface area contributed by atoms with Gasteiger partial charge in [0, 0.05) is 21.2 Å². The minimum absolute atomic E-state index is 0.0128. The molecule has 0 fully saturated rings. The molecule has 0 spiro atoms. The van der Waals surface area contributed by atoms with Gasteiger partial charge in [-0.1, -0.05) is 29.8 Å². The van der Waals surface area contributed by atoms with E-state index in [1.54, 1.807) is 6.07 Å². The molecular weight excluding hydrogens is 358 g/mol. The summed E-state index contributed by atoms with van der Waals surface area (Å²) in [6.45, 7) is 0. The SMILES string of the molecule is O=C(Cc1ccc(Cl)s1)c1nc2ccccc2cc1Br. The van der Waals surface area contributed by atoms with Crippen LogP contribution < -0.4 is 0 Å². The first kappa shape index (κ1) is 13.7. The molecule has 3 rings (SSSR count). The number of pyridine rings is 1. The predicted octanol–water partition coefficient (Wildman–Crippen LogP) is 5.14. The van der Waals surface area contributed by atoms with Gasteiger partial charge in [-0.25, -0.2) is 4.98 Å². The lowest BCUT2D eigenvalue weighted by Gasteiger charge is -2.04. The standard InChI is InChI=1S/C15H9BrClNOS/c16-11-7-9-3-1-2-4-12(9)18-15(11)13(19)8-10-5-6-14(17)20-10/h1-7H,8H2. The van der Waals surface area contributed by atoms with Gasteiger partial charge in [-0.05, 0) is 40.2 Å².